The highest BCUT2D eigenvalue weighted by atomic mass is 35.5. The second-order valence-electron chi connectivity index (χ2n) is 7.81. The van der Waals surface area contributed by atoms with E-state index in [9.17, 15) is 9.59 Å². The number of amides is 2. The Morgan fingerprint density at radius 2 is 1.56 bits per heavy atom. The van der Waals surface area contributed by atoms with Crippen LogP contribution in [0, 0.1) is 13.8 Å². The lowest BCUT2D eigenvalue weighted by Crippen LogP contribution is -2.21. The fraction of sp³-hybridized carbons (Fsp3) is 0.120. The zero-order valence-corrected chi connectivity index (χ0v) is 19.4. The number of aryl methyl sites for hydroxylation is 2. The lowest BCUT2D eigenvalue weighted by molar-refractivity contribution is -0.116. The molecule has 1 aromatic heterocycles. The van der Waals surface area contributed by atoms with Gasteiger partial charge in [0.2, 0.25) is 5.91 Å². The lowest BCUT2D eigenvalue weighted by atomic mass is 10.2. The first-order valence-electron chi connectivity index (χ1n) is 10.6. The summed E-state index contributed by atoms with van der Waals surface area (Å²) in [5.41, 5.74) is 4.15. The first kappa shape index (κ1) is 23.0. The third-order valence-electron chi connectivity index (χ3n) is 4.96. The van der Waals surface area contributed by atoms with E-state index in [0.717, 1.165) is 16.8 Å². The molecule has 0 aliphatic heterocycles. The van der Waals surface area contributed by atoms with Crippen molar-refractivity contribution in [2.45, 2.75) is 20.4 Å². The fourth-order valence-electron chi connectivity index (χ4n) is 3.26. The van der Waals surface area contributed by atoms with E-state index in [4.69, 9.17) is 11.6 Å². The van der Waals surface area contributed by atoms with Gasteiger partial charge in [-0.15, -0.1) is 5.10 Å². The molecule has 3 N–H and O–H groups in total. The number of aromatic nitrogens is 3. The standard InChI is InChI=1S/C25H23ClN6O2/c1-16-6-10-20(11-7-16)28-24-23(25(34)29-21-5-3-4-17(2)14-21)30-31-32(24)15-22(33)27-19-12-8-18(26)9-13-19/h3-14,28H,15H2,1-2H3,(H,27,33)(H,29,34). The Hall–Kier alpha value is -4.17. The Labute approximate surface area is 201 Å². The maximum atomic E-state index is 13.0. The smallest absolute Gasteiger partial charge is 0.280 e. The van der Waals surface area contributed by atoms with Crippen molar-refractivity contribution in [3.05, 3.63) is 94.6 Å². The second-order valence-corrected chi connectivity index (χ2v) is 8.25. The van der Waals surface area contributed by atoms with Crippen molar-refractivity contribution in [3.8, 4) is 0 Å². The molecule has 172 valence electrons. The molecule has 0 aliphatic carbocycles. The summed E-state index contributed by atoms with van der Waals surface area (Å²) in [6.45, 7) is 3.77. The molecule has 0 atom stereocenters. The van der Waals surface area contributed by atoms with E-state index in [0.29, 0.717) is 22.2 Å². The van der Waals surface area contributed by atoms with Crippen LogP contribution in [0.2, 0.25) is 5.02 Å². The van der Waals surface area contributed by atoms with Gasteiger partial charge in [-0.25, -0.2) is 4.68 Å². The van der Waals surface area contributed by atoms with E-state index in [-0.39, 0.29) is 18.1 Å². The van der Waals surface area contributed by atoms with Gasteiger partial charge in [-0.2, -0.15) is 0 Å². The number of hydrogen-bond donors (Lipinski definition) is 3. The number of rotatable bonds is 7. The van der Waals surface area contributed by atoms with Crippen LogP contribution in [0.3, 0.4) is 0 Å². The fourth-order valence-corrected chi connectivity index (χ4v) is 3.38. The van der Waals surface area contributed by atoms with Crippen LogP contribution < -0.4 is 16.0 Å². The predicted octanol–water partition coefficient (Wildman–Crippen LogP) is 5.18. The molecule has 0 spiro atoms. The minimum Gasteiger partial charge on any atom is -0.338 e. The van der Waals surface area contributed by atoms with Crippen LogP contribution in [0.15, 0.2) is 72.8 Å². The number of nitrogens with zero attached hydrogens (tertiary/aromatic N) is 3. The molecular formula is C25H23ClN6O2. The van der Waals surface area contributed by atoms with E-state index in [2.05, 4.69) is 26.3 Å². The molecule has 8 nitrogen and oxygen atoms in total. The number of carbonyl (C=O) groups is 2. The van der Waals surface area contributed by atoms with Crippen molar-refractivity contribution in [2.24, 2.45) is 0 Å². The monoisotopic (exact) mass is 474 g/mol. The van der Waals surface area contributed by atoms with Crippen LogP contribution in [-0.4, -0.2) is 26.8 Å². The molecule has 4 aromatic rings. The third-order valence-corrected chi connectivity index (χ3v) is 5.21. The van der Waals surface area contributed by atoms with E-state index in [1.54, 1.807) is 30.3 Å². The van der Waals surface area contributed by atoms with E-state index < -0.39 is 5.91 Å². The molecule has 0 radical (unpaired) electrons. The van der Waals surface area contributed by atoms with Crippen molar-refractivity contribution in [1.29, 1.82) is 0 Å². The van der Waals surface area contributed by atoms with Crippen molar-refractivity contribution in [1.82, 2.24) is 15.0 Å². The Kier molecular flexibility index (Phi) is 6.89. The molecule has 0 unspecified atom stereocenters. The van der Waals surface area contributed by atoms with Gasteiger partial charge in [-0.1, -0.05) is 46.6 Å². The highest BCUT2D eigenvalue weighted by Gasteiger charge is 2.22. The van der Waals surface area contributed by atoms with Gasteiger partial charge in [0, 0.05) is 22.1 Å². The van der Waals surface area contributed by atoms with E-state index in [1.807, 2.05) is 56.3 Å². The van der Waals surface area contributed by atoms with Crippen LogP contribution in [-0.2, 0) is 11.3 Å². The van der Waals surface area contributed by atoms with Gasteiger partial charge < -0.3 is 16.0 Å². The van der Waals surface area contributed by atoms with E-state index >= 15 is 0 Å². The molecule has 1 heterocycles. The van der Waals surface area contributed by atoms with E-state index in [1.165, 1.54) is 4.68 Å². The Balaban J connectivity index is 1.59. The summed E-state index contributed by atoms with van der Waals surface area (Å²) in [5.74, 6) is -0.463. The number of benzene rings is 3. The van der Waals surface area contributed by atoms with Gasteiger partial charge in [0.05, 0.1) is 0 Å². The van der Waals surface area contributed by atoms with Crippen molar-refractivity contribution >= 4 is 46.3 Å². The summed E-state index contributed by atoms with van der Waals surface area (Å²) in [4.78, 5) is 25.7. The quantitative estimate of drug-likeness (QED) is 0.342. The summed E-state index contributed by atoms with van der Waals surface area (Å²) >= 11 is 5.90. The topological polar surface area (TPSA) is 101 Å². The molecule has 0 fully saturated rings. The molecule has 3 aromatic carbocycles. The molecule has 0 saturated heterocycles. The Morgan fingerprint density at radius 3 is 2.26 bits per heavy atom. The maximum absolute atomic E-state index is 13.0. The summed E-state index contributed by atoms with van der Waals surface area (Å²) < 4.78 is 1.36. The Morgan fingerprint density at radius 1 is 0.853 bits per heavy atom. The molecule has 0 saturated carbocycles. The molecule has 0 bridgehead atoms. The van der Waals surface area contributed by atoms with Crippen LogP contribution in [0.4, 0.5) is 22.9 Å². The highest BCUT2D eigenvalue weighted by molar-refractivity contribution is 6.30. The predicted molar refractivity (Wildman–Crippen MR) is 134 cm³/mol. The largest absolute Gasteiger partial charge is 0.338 e. The normalized spacial score (nSPS) is 10.6. The van der Waals surface area contributed by atoms with Gasteiger partial charge in [-0.05, 0) is 67.9 Å². The van der Waals surface area contributed by atoms with Crippen molar-refractivity contribution in [3.63, 3.8) is 0 Å². The summed E-state index contributed by atoms with van der Waals surface area (Å²) in [7, 11) is 0. The first-order valence-corrected chi connectivity index (χ1v) is 11.0. The minimum absolute atomic E-state index is 0.0707. The molecular weight excluding hydrogens is 452 g/mol. The maximum Gasteiger partial charge on any atom is 0.280 e. The van der Waals surface area contributed by atoms with Gasteiger partial charge in [0.1, 0.15) is 6.54 Å². The van der Waals surface area contributed by atoms with Crippen LogP contribution in [0.5, 0.6) is 0 Å². The highest BCUT2D eigenvalue weighted by Crippen LogP contribution is 2.22. The zero-order valence-electron chi connectivity index (χ0n) is 18.7. The van der Waals surface area contributed by atoms with Gasteiger partial charge >= 0.3 is 0 Å². The molecule has 2 amide bonds. The van der Waals surface area contributed by atoms with Crippen LogP contribution in [0.1, 0.15) is 21.6 Å². The number of halogens is 1. The average molecular weight is 475 g/mol. The molecule has 34 heavy (non-hydrogen) atoms. The van der Waals surface area contributed by atoms with Gasteiger partial charge in [0.25, 0.3) is 5.91 Å². The minimum atomic E-state index is -0.440. The van der Waals surface area contributed by atoms with Gasteiger partial charge in [0.15, 0.2) is 11.5 Å². The Bertz CT molecular complexity index is 1320. The average Bonchev–Trinajstić information content (AvgIpc) is 3.19. The summed E-state index contributed by atoms with van der Waals surface area (Å²) in [6.07, 6.45) is 0. The van der Waals surface area contributed by atoms with Crippen LogP contribution >= 0.6 is 11.6 Å². The van der Waals surface area contributed by atoms with Crippen molar-refractivity contribution < 1.29 is 9.59 Å². The summed E-state index contributed by atoms with van der Waals surface area (Å²) in [6, 6.07) is 21.9. The number of carbonyl (C=O) groups excluding carboxylic acids is 2. The van der Waals surface area contributed by atoms with Crippen molar-refractivity contribution in [2.75, 3.05) is 16.0 Å². The summed E-state index contributed by atoms with van der Waals surface area (Å²) in [5, 5.41) is 17.5. The first-order chi connectivity index (χ1) is 16.4. The van der Waals surface area contributed by atoms with Crippen LogP contribution in [0.25, 0.3) is 0 Å². The lowest BCUT2D eigenvalue weighted by Gasteiger charge is -2.12. The molecule has 9 heteroatoms. The van der Waals surface area contributed by atoms with Gasteiger partial charge in [-0.3, -0.25) is 9.59 Å². The number of hydrogen-bond acceptors (Lipinski definition) is 5. The molecule has 0 aliphatic rings. The third kappa shape index (κ3) is 5.79. The SMILES string of the molecule is Cc1ccc(Nc2c(C(=O)Nc3cccc(C)c3)nnn2CC(=O)Nc2ccc(Cl)cc2)cc1. The zero-order chi connectivity index (χ0) is 24.1. The number of anilines is 4. The second kappa shape index (κ2) is 10.2. The molecule has 4 rings (SSSR count). The number of nitrogens with one attached hydrogen (secondary N) is 3.